The van der Waals surface area contributed by atoms with E-state index in [0.29, 0.717) is 12.5 Å². The van der Waals surface area contributed by atoms with Crippen LogP contribution in [0.4, 0.5) is 0 Å². The highest BCUT2D eigenvalue weighted by Crippen LogP contribution is 2.63. The third kappa shape index (κ3) is 1.77. The highest BCUT2D eigenvalue weighted by Gasteiger charge is 2.59. The summed E-state index contributed by atoms with van der Waals surface area (Å²) in [6.45, 7) is 2.60. The third-order valence-corrected chi connectivity index (χ3v) is 7.54. The van der Waals surface area contributed by atoms with E-state index in [-0.39, 0.29) is 5.41 Å². The largest absolute Gasteiger partial charge is 0.384 e. The first kappa shape index (κ1) is 13.7. The zero-order valence-electron chi connectivity index (χ0n) is 12.5. The molecular formula is C18H23NOS. The van der Waals surface area contributed by atoms with Gasteiger partial charge in [-0.1, -0.05) is 24.6 Å². The molecule has 1 aromatic carbocycles. The van der Waals surface area contributed by atoms with Crippen LogP contribution in [0.25, 0.3) is 10.1 Å². The van der Waals surface area contributed by atoms with E-state index in [1.807, 2.05) is 6.92 Å². The lowest BCUT2D eigenvalue weighted by atomic mass is 9.62. The monoisotopic (exact) mass is 301 g/mol. The molecule has 2 aliphatic rings. The molecule has 2 saturated carbocycles. The van der Waals surface area contributed by atoms with Crippen molar-refractivity contribution in [1.29, 1.82) is 0 Å². The van der Waals surface area contributed by atoms with Gasteiger partial charge in [0, 0.05) is 21.5 Å². The fourth-order valence-electron chi connectivity index (χ4n) is 4.96. The molecule has 1 aromatic heterocycles. The Hall–Kier alpha value is -0.900. The van der Waals surface area contributed by atoms with Gasteiger partial charge in [-0.25, -0.2) is 0 Å². The van der Waals surface area contributed by atoms with Gasteiger partial charge in [0.15, 0.2) is 0 Å². The molecule has 112 valence electrons. The van der Waals surface area contributed by atoms with Gasteiger partial charge >= 0.3 is 0 Å². The molecule has 2 fully saturated rings. The number of hydrogen-bond donors (Lipinski definition) is 2. The van der Waals surface area contributed by atoms with Gasteiger partial charge in [0.2, 0.25) is 0 Å². The number of benzene rings is 1. The Morgan fingerprint density at radius 1 is 1.38 bits per heavy atom. The fourth-order valence-corrected chi connectivity index (χ4v) is 6.17. The molecule has 0 radical (unpaired) electrons. The van der Waals surface area contributed by atoms with E-state index in [2.05, 4.69) is 30.3 Å². The lowest BCUT2D eigenvalue weighted by Crippen LogP contribution is -2.51. The number of aliphatic hydroxyl groups is 1. The second kappa shape index (κ2) is 4.55. The first-order chi connectivity index (χ1) is 10.1. The van der Waals surface area contributed by atoms with Crippen molar-refractivity contribution in [3.63, 3.8) is 0 Å². The first-order valence-electron chi connectivity index (χ1n) is 7.98. The van der Waals surface area contributed by atoms with Crippen LogP contribution in [-0.4, -0.2) is 11.7 Å². The molecule has 0 saturated heterocycles. The molecule has 4 rings (SSSR count). The van der Waals surface area contributed by atoms with Crippen LogP contribution in [0.5, 0.6) is 0 Å². The van der Waals surface area contributed by atoms with Gasteiger partial charge in [0.05, 0.1) is 0 Å². The Labute approximate surface area is 130 Å². The van der Waals surface area contributed by atoms with Crippen LogP contribution >= 0.6 is 11.3 Å². The van der Waals surface area contributed by atoms with E-state index in [1.54, 1.807) is 11.3 Å². The number of hydrogen-bond acceptors (Lipinski definition) is 3. The molecule has 2 nitrogen and oxygen atoms in total. The molecule has 21 heavy (non-hydrogen) atoms. The third-order valence-electron chi connectivity index (χ3n) is 6.21. The minimum absolute atomic E-state index is 0.128. The van der Waals surface area contributed by atoms with Crippen molar-refractivity contribution in [2.24, 2.45) is 23.0 Å². The van der Waals surface area contributed by atoms with Crippen molar-refractivity contribution in [2.45, 2.75) is 38.2 Å². The predicted octanol–water partition coefficient (Wildman–Crippen LogP) is 3.87. The van der Waals surface area contributed by atoms with Gasteiger partial charge in [-0.05, 0) is 55.5 Å². The van der Waals surface area contributed by atoms with Gasteiger partial charge in [0.25, 0.3) is 0 Å². The first-order valence-corrected chi connectivity index (χ1v) is 8.80. The summed E-state index contributed by atoms with van der Waals surface area (Å²) in [4.78, 5) is 1.08. The number of fused-ring (bicyclic) bond motifs is 3. The fraction of sp³-hybridized carbons (Fsp3) is 0.556. The summed E-state index contributed by atoms with van der Waals surface area (Å²) in [5.41, 5.74) is 5.28. The molecule has 2 aliphatic carbocycles. The van der Waals surface area contributed by atoms with Crippen LogP contribution in [0, 0.1) is 17.3 Å². The van der Waals surface area contributed by atoms with E-state index in [0.717, 1.165) is 17.2 Å². The van der Waals surface area contributed by atoms with E-state index >= 15 is 0 Å². The van der Waals surface area contributed by atoms with Crippen LogP contribution < -0.4 is 5.73 Å². The maximum atomic E-state index is 11.5. The Bertz CT molecular complexity index is 644. The Morgan fingerprint density at radius 3 is 2.81 bits per heavy atom. The molecule has 2 aromatic rings. The maximum absolute atomic E-state index is 11.5. The van der Waals surface area contributed by atoms with Gasteiger partial charge in [-0.3, -0.25) is 0 Å². The number of nitrogens with two attached hydrogens (primary N) is 1. The maximum Gasteiger partial charge on any atom is 0.103 e. The molecule has 0 amide bonds. The Morgan fingerprint density at radius 2 is 2.19 bits per heavy atom. The molecule has 2 bridgehead atoms. The molecule has 1 heterocycles. The van der Waals surface area contributed by atoms with Gasteiger partial charge in [-0.15, -0.1) is 11.3 Å². The van der Waals surface area contributed by atoms with Crippen molar-refractivity contribution in [1.82, 2.24) is 0 Å². The van der Waals surface area contributed by atoms with Crippen molar-refractivity contribution < 1.29 is 5.11 Å². The van der Waals surface area contributed by atoms with Gasteiger partial charge < -0.3 is 10.8 Å². The molecule has 3 heteroatoms. The van der Waals surface area contributed by atoms with Gasteiger partial charge in [0.1, 0.15) is 5.60 Å². The quantitative estimate of drug-likeness (QED) is 0.904. The second-order valence-electron chi connectivity index (χ2n) is 7.16. The van der Waals surface area contributed by atoms with E-state index in [1.165, 1.54) is 29.3 Å². The summed E-state index contributed by atoms with van der Waals surface area (Å²) in [5.74, 6) is 1.37. The van der Waals surface area contributed by atoms with E-state index < -0.39 is 5.60 Å². The summed E-state index contributed by atoms with van der Waals surface area (Å²) >= 11 is 1.73. The molecule has 4 unspecified atom stereocenters. The van der Waals surface area contributed by atoms with Crippen molar-refractivity contribution >= 4 is 21.4 Å². The zero-order chi connectivity index (χ0) is 14.7. The second-order valence-corrected chi connectivity index (χ2v) is 8.24. The SMILES string of the molecule is CC(O)(c1cc2ccccc2s1)C1(CN)CC2CCC1C2. The summed E-state index contributed by atoms with van der Waals surface area (Å²) in [6, 6.07) is 10.6. The van der Waals surface area contributed by atoms with Gasteiger partial charge in [-0.2, -0.15) is 0 Å². The Balaban J connectivity index is 1.81. The lowest BCUT2D eigenvalue weighted by molar-refractivity contribution is -0.100. The van der Waals surface area contributed by atoms with Crippen LogP contribution in [0.3, 0.4) is 0 Å². The highest BCUT2D eigenvalue weighted by atomic mass is 32.1. The summed E-state index contributed by atoms with van der Waals surface area (Å²) in [5, 5.41) is 12.7. The van der Waals surface area contributed by atoms with Crippen LogP contribution in [0.15, 0.2) is 30.3 Å². The average Bonchev–Trinajstić information content (AvgIpc) is 3.20. The highest BCUT2D eigenvalue weighted by molar-refractivity contribution is 7.19. The molecule has 3 N–H and O–H groups in total. The van der Waals surface area contributed by atoms with Crippen LogP contribution in [0.1, 0.15) is 37.5 Å². The normalized spacial score (nSPS) is 34.4. The summed E-state index contributed by atoms with van der Waals surface area (Å²) in [7, 11) is 0. The topological polar surface area (TPSA) is 46.2 Å². The zero-order valence-corrected chi connectivity index (χ0v) is 13.3. The lowest BCUT2D eigenvalue weighted by Gasteiger charge is -2.47. The van der Waals surface area contributed by atoms with E-state index in [4.69, 9.17) is 5.73 Å². The van der Waals surface area contributed by atoms with Crippen molar-refractivity contribution in [3.05, 3.63) is 35.2 Å². The van der Waals surface area contributed by atoms with Crippen LogP contribution in [0.2, 0.25) is 0 Å². The summed E-state index contributed by atoms with van der Waals surface area (Å²) in [6.07, 6.45) is 4.92. The average molecular weight is 301 g/mol. The Kier molecular flexibility index (Phi) is 2.97. The van der Waals surface area contributed by atoms with Crippen LogP contribution in [-0.2, 0) is 5.60 Å². The number of thiophene rings is 1. The minimum atomic E-state index is -0.814. The van der Waals surface area contributed by atoms with Crippen molar-refractivity contribution in [3.8, 4) is 0 Å². The van der Waals surface area contributed by atoms with E-state index in [9.17, 15) is 5.11 Å². The molecule has 0 aliphatic heterocycles. The molecular weight excluding hydrogens is 278 g/mol. The molecule has 0 spiro atoms. The standard InChI is InChI=1S/C18H23NOS/c1-17(20,16-9-13-4-2-3-5-15(13)21-16)18(11-19)10-12-6-7-14(18)8-12/h2-5,9,12,14,20H,6-8,10-11,19H2,1H3. The summed E-state index contributed by atoms with van der Waals surface area (Å²) < 4.78 is 1.25. The number of rotatable bonds is 3. The molecule has 4 atom stereocenters. The minimum Gasteiger partial charge on any atom is -0.384 e. The van der Waals surface area contributed by atoms with Crippen molar-refractivity contribution in [2.75, 3.05) is 6.54 Å². The smallest absolute Gasteiger partial charge is 0.103 e. The predicted molar refractivity (Wildman–Crippen MR) is 88.3 cm³/mol.